The van der Waals surface area contributed by atoms with Gasteiger partial charge in [0.2, 0.25) is 0 Å². The molecule has 0 spiro atoms. The summed E-state index contributed by atoms with van der Waals surface area (Å²) in [5.74, 6) is -0.284. The summed E-state index contributed by atoms with van der Waals surface area (Å²) in [6.07, 6.45) is 2.98. The number of hydrogen-bond donors (Lipinski definition) is 0. The van der Waals surface area contributed by atoms with E-state index in [0.717, 1.165) is 17.4 Å². The summed E-state index contributed by atoms with van der Waals surface area (Å²) in [6.45, 7) is 10.3. The molecular formula is C28H25NO2Se. The molecule has 0 unspecified atom stereocenters. The number of allylic oxidation sites excluding steroid dienone is 1. The Kier molecular flexibility index (Phi) is 4.01. The van der Waals surface area contributed by atoms with Crippen molar-refractivity contribution in [3.05, 3.63) is 86.4 Å². The van der Waals surface area contributed by atoms with Crippen LogP contribution in [0, 0.1) is 0 Å². The van der Waals surface area contributed by atoms with Gasteiger partial charge in [-0.3, -0.25) is 0 Å². The number of carbonyl (C=O) groups excluding carboxylic acids is 2. The van der Waals surface area contributed by atoms with Crippen molar-refractivity contribution in [2.75, 3.05) is 11.4 Å². The summed E-state index contributed by atoms with van der Waals surface area (Å²) in [5, 5.41) is 0. The fraction of sp³-hybridized carbons (Fsp3) is 0.286. The number of rotatable bonds is 1. The molecule has 0 bridgehead atoms. The van der Waals surface area contributed by atoms with Crippen molar-refractivity contribution in [1.82, 2.24) is 0 Å². The molecule has 1 aromatic heterocycles. The van der Waals surface area contributed by atoms with E-state index in [4.69, 9.17) is 0 Å². The van der Waals surface area contributed by atoms with Gasteiger partial charge in [-0.25, -0.2) is 0 Å². The number of nitrogens with zero attached hydrogens (tertiary/aromatic N) is 1. The molecule has 2 aliphatic heterocycles. The average molecular weight is 486 g/mol. The third-order valence-corrected chi connectivity index (χ3v) is 9.83. The number of Topliss-reactive ketones (excluding diaryl/α,β-unsaturated/α-hetero) is 2. The maximum atomic E-state index is 12.9. The minimum atomic E-state index is -0.142. The van der Waals surface area contributed by atoms with Crippen LogP contribution in [0.25, 0.3) is 6.08 Å². The number of fused-ring (bicyclic) bond motifs is 3. The molecule has 6 rings (SSSR count). The molecule has 1 aliphatic carbocycles. The van der Waals surface area contributed by atoms with E-state index < -0.39 is 0 Å². The summed E-state index contributed by atoms with van der Waals surface area (Å²) >= 11 is 0.0568. The first-order valence-electron chi connectivity index (χ1n) is 11.2. The summed E-state index contributed by atoms with van der Waals surface area (Å²) in [5.41, 5.74) is 6.96. The standard InChI is InChI=1S/C28H25NO2Se/c1-27(2)12-13-29-23-20(27)10-7-11-21(23)28(3,4)22-15-16(32-26(22)29)14-19-24(30)17-8-5-6-9-18(17)25(19)31/h5-11,14-15H,12-13H2,1-4H3. The average Bonchev–Trinajstić information content (AvgIpc) is 3.30. The van der Waals surface area contributed by atoms with E-state index in [1.54, 1.807) is 12.1 Å². The van der Waals surface area contributed by atoms with Gasteiger partial charge >= 0.3 is 195 Å². The molecule has 160 valence electrons. The van der Waals surface area contributed by atoms with Crippen LogP contribution in [0.15, 0.2) is 54.1 Å². The third-order valence-electron chi connectivity index (χ3n) is 7.51. The molecule has 2 aromatic carbocycles. The Balaban J connectivity index is 1.50. The molecule has 0 amide bonds. The zero-order valence-electron chi connectivity index (χ0n) is 18.8. The van der Waals surface area contributed by atoms with Crippen LogP contribution in [0.1, 0.15) is 76.0 Å². The zero-order valence-corrected chi connectivity index (χ0v) is 20.5. The molecule has 0 radical (unpaired) electrons. The van der Waals surface area contributed by atoms with Crippen molar-refractivity contribution in [2.24, 2.45) is 0 Å². The fourth-order valence-electron chi connectivity index (χ4n) is 5.54. The van der Waals surface area contributed by atoms with Crippen LogP contribution >= 0.6 is 0 Å². The molecule has 0 fully saturated rings. The van der Waals surface area contributed by atoms with Crippen LogP contribution in [0.5, 0.6) is 0 Å². The Hall–Kier alpha value is -2.68. The first-order chi connectivity index (χ1) is 15.2. The van der Waals surface area contributed by atoms with Crippen molar-refractivity contribution < 1.29 is 9.59 Å². The van der Waals surface area contributed by atoms with E-state index in [0.29, 0.717) is 16.7 Å². The van der Waals surface area contributed by atoms with Gasteiger partial charge in [0.15, 0.2) is 0 Å². The first-order valence-corrected chi connectivity index (χ1v) is 12.9. The predicted octanol–water partition coefficient (Wildman–Crippen LogP) is 5.66. The minimum absolute atomic E-state index is 0.0568. The van der Waals surface area contributed by atoms with E-state index in [-0.39, 0.29) is 36.9 Å². The Morgan fingerprint density at radius 3 is 2.22 bits per heavy atom. The van der Waals surface area contributed by atoms with E-state index in [1.165, 1.54) is 26.9 Å². The second-order valence-corrected chi connectivity index (χ2v) is 12.5. The molecule has 0 saturated carbocycles. The van der Waals surface area contributed by atoms with Crippen LogP contribution < -0.4 is 4.90 Å². The van der Waals surface area contributed by atoms with Gasteiger partial charge in [0.1, 0.15) is 0 Å². The van der Waals surface area contributed by atoms with Crippen LogP contribution in [0.4, 0.5) is 10.2 Å². The molecular weight excluding hydrogens is 461 g/mol. The predicted molar refractivity (Wildman–Crippen MR) is 130 cm³/mol. The number of benzene rings is 2. The zero-order chi connectivity index (χ0) is 22.4. The van der Waals surface area contributed by atoms with Crippen LogP contribution in [-0.2, 0) is 10.8 Å². The first kappa shape index (κ1) is 20.0. The summed E-state index contributed by atoms with van der Waals surface area (Å²) in [7, 11) is 0. The fourth-order valence-corrected chi connectivity index (χ4v) is 8.25. The van der Waals surface area contributed by atoms with E-state index >= 15 is 0 Å². The Morgan fingerprint density at radius 2 is 1.53 bits per heavy atom. The normalized spacial score (nSPS) is 19.5. The molecule has 3 heterocycles. The molecule has 0 N–H and O–H groups in total. The Labute approximate surface area is 194 Å². The number of carbonyl (C=O) groups is 2. The van der Waals surface area contributed by atoms with Crippen LogP contribution in [-0.4, -0.2) is 32.6 Å². The van der Waals surface area contributed by atoms with Gasteiger partial charge in [-0.2, -0.15) is 0 Å². The summed E-state index contributed by atoms with van der Waals surface area (Å²) in [4.78, 5) is 28.4. The van der Waals surface area contributed by atoms with Crippen molar-refractivity contribution in [3.8, 4) is 0 Å². The molecule has 0 atom stereocenters. The molecule has 4 heteroatoms. The van der Waals surface area contributed by atoms with Crippen LogP contribution in [0.3, 0.4) is 0 Å². The molecule has 3 nitrogen and oxygen atoms in total. The van der Waals surface area contributed by atoms with Gasteiger partial charge in [-0.15, -0.1) is 0 Å². The molecule has 3 aliphatic rings. The second kappa shape index (κ2) is 6.43. The Morgan fingerprint density at radius 1 is 0.875 bits per heavy atom. The van der Waals surface area contributed by atoms with Crippen molar-refractivity contribution in [2.45, 2.75) is 44.9 Å². The van der Waals surface area contributed by atoms with E-state index in [2.05, 4.69) is 56.9 Å². The molecule has 0 saturated heterocycles. The number of ketones is 2. The van der Waals surface area contributed by atoms with Crippen LogP contribution in [0.2, 0.25) is 0 Å². The number of anilines is 2. The maximum absolute atomic E-state index is 12.9. The van der Waals surface area contributed by atoms with Crippen molar-refractivity contribution in [1.29, 1.82) is 0 Å². The number of para-hydroxylation sites is 1. The molecule has 32 heavy (non-hydrogen) atoms. The molecule has 3 aromatic rings. The van der Waals surface area contributed by atoms with Gasteiger partial charge in [-0.1, -0.05) is 0 Å². The van der Waals surface area contributed by atoms with Gasteiger partial charge in [-0.05, 0) is 0 Å². The number of hydrogen-bond acceptors (Lipinski definition) is 3. The Bertz CT molecular complexity index is 1330. The van der Waals surface area contributed by atoms with Crippen molar-refractivity contribution >= 4 is 42.4 Å². The topological polar surface area (TPSA) is 37.4 Å². The second-order valence-electron chi connectivity index (χ2n) is 10.2. The summed E-state index contributed by atoms with van der Waals surface area (Å²) < 4.78 is 2.50. The quantitative estimate of drug-likeness (QED) is 0.253. The van der Waals surface area contributed by atoms with Gasteiger partial charge in [0, 0.05) is 0 Å². The summed E-state index contributed by atoms with van der Waals surface area (Å²) in [6, 6.07) is 16.2. The SMILES string of the molecule is CC1(C)CCN2c3[se]c(C=C4C(=O)c5ccccc5C4=O)cc3C(C)(C)c3cccc1c32. The van der Waals surface area contributed by atoms with Gasteiger partial charge < -0.3 is 0 Å². The third kappa shape index (κ3) is 2.54. The monoisotopic (exact) mass is 487 g/mol. The van der Waals surface area contributed by atoms with Crippen molar-refractivity contribution in [3.63, 3.8) is 0 Å². The van der Waals surface area contributed by atoms with Gasteiger partial charge in [0.05, 0.1) is 0 Å². The van der Waals surface area contributed by atoms with E-state index in [9.17, 15) is 9.59 Å². The van der Waals surface area contributed by atoms with E-state index in [1.807, 2.05) is 18.2 Å². The van der Waals surface area contributed by atoms with Gasteiger partial charge in [0.25, 0.3) is 0 Å².